The maximum absolute atomic E-state index is 12.7. The number of aromatic nitrogens is 1. The van der Waals surface area contributed by atoms with Crippen LogP contribution in [0.3, 0.4) is 0 Å². The van der Waals surface area contributed by atoms with Crippen molar-refractivity contribution >= 4 is 22.5 Å². The number of hydrogen-bond acceptors (Lipinski definition) is 3. The molecule has 5 nitrogen and oxygen atoms in total. The Morgan fingerprint density at radius 2 is 2.00 bits per heavy atom. The van der Waals surface area contributed by atoms with Gasteiger partial charge in [0.1, 0.15) is 12.3 Å². The van der Waals surface area contributed by atoms with E-state index in [-0.39, 0.29) is 5.91 Å². The Balaban J connectivity index is 1.64. The van der Waals surface area contributed by atoms with Crippen molar-refractivity contribution in [1.29, 1.82) is 0 Å². The van der Waals surface area contributed by atoms with E-state index < -0.39 is 0 Å². The van der Waals surface area contributed by atoms with Gasteiger partial charge in [-0.05, 0) is 36.7 Å². The number of para-hydroxylation sites is 1. The number of nitrogens with one attached hydrogen (secondary N) is 2. The van der Waals surface area contributed by atoms with Crippen molar-refractivity contribution in [2.75, 3.05) is 25.5 Å². The fraction of sp³-hybridized carbons (Fsp3) is 0.286. The van der Waals surface area contributed by atoms with Gasteiger partial charge in [0.15, 0.2) is 0 Å². The van der Waals surface area contributed by atoms with Gasteiger partial charge in [-0.1, -0.05) is 24.3 Å². The molecule has 0 fully saturated rings. The molecule has 1 aromatic heterocycles. The molecular weight excluding hydrogens is 326 g/mol. The topological polar surface area (TPSA) is 55.3 Å². The van der Waals surface area contributed by atoms with Gasteiger partial charge in [-0.25, -0.2) is 0 Å². The summed E-state index contributed by atoms with van der Waals surface area (Å²) in [4.78, 5) is 12.7. The minimum Gasteiger partial charge on any atom is -0.497 e. The molecule has 0 aliphatic carbocycles. The second-order valence-corrected chi connectivity index (χ2v) is 6.56. The van der Waals surface area contributed by atoms with Crippen LogP contribution in [0.5, 0.6) is 5.75 Å². The number of hydrogen-bond donors (Lipinski definition) is 2. The van der Waals surface area contributed by atoms with E-state index in [0.717, 1.165) is 42.9 Å². The Morgan fingerprint density at radius 3 is 2.88 bits per heavy atom. The number of fused-ring (bicyclic) bond motifs is 3. The zero-order chi connectivity index (χ0) is 17.9. The zero-order valence-electron chi connectivity index (χ0n) is 14.9. The Morgan fingerprint density at radius 1 is 1.15 bits per heavy atom. The van der Waals surface area contributed by atoms with Crippen molar-refractivity contribution in [1.82, 2.24) is 9.88 Å². The van der Waals surface area contributed by atoms with E-state index in [1.165, 1.54) is 16.6 Å². The normalized spacial score (nSPS) is 13.9. The molecule has 2 N–H and O–H groups in total. The maximum Gasteiger partial charge on any atom is 0.244 e. The number of benzene rings is 2. The molecule has 134 valence electrons. The molecule has 1 aliphatic rings. The van der Waals surface area contributed by atoms with Gasteiger partial charge in [0.25, 0.3) is 0 Å². The number of methoxy groups -OCH3 is 1. The van der Waals surface area contributed by atoms with Crippen molar-refractivity contribution in [3.05, 3.63) is 59.8 Å². The molecule has 1 aliphatic heterocycles. The van der Waals surface area contributed by atoms with Gasteiger partial charge >= 0.3 is 0 Å². The second kappa shape index (κ2) is 7.22. The van der Waals surface area contributed by atoms with E-state index in [2.05, 4.69) is 33.4 Å². The van der Waals surface area contributed by atoms with Gasteiger partial charge in [-0.2, -0.15) is 0 Å². The van der Waals surface area contributed by atoms with E-state index in [9.17, 15) is 4.79 Å². The molecule has 0 radical (unpaired) electrons. The number of carbonyl (C=O) groups is 1. The number of nitrogens with zero attached hydrogens (tertiary/aromatic N) is 1. The van der Waals surface area contributed by atoms with Gasteiger partial charge in [-0.3, -0.25) is 4.79 Å². The minimum atomic E-state index is -0.0287. The fourth-order valence-electron chi connectivity index (χ4n) is 3.76. The Labute approximate surface area is 153 Å². The quantitative estimate of drug-likeness (QED) is 0.761. The number of rotatable bonds is 4. The average Bonchev–Trinajstić information content (AvgIpc) is 2.82. The summed E-state index contributed by atoms with van der Waals surface area (Å²) in [6, 6.07) is 15.8. The molecule has 2 aromatic carbocycles. The third-order valence-corrected chi connectivity index (χ3v) is 4.94. The first-order valence-electron chi connectivity index (χ1n) is 9.00. The lowest BCUT2D eigenvalue weighted by Gasteiger charge is -2.12. The smallest absolute Gasteiger partial charge is 0.244 e. The van der Waals surface area contributed by atoms with Crippen LogP contribution in [-0.4, -0.2) is 30.7 Å². The lowest BCUT2D eigenvalue weighted by atomic mass is 10.1. The van der Waals surface area contributed by atoms with Crippen LogP contribution in [0.1, 0.15) is 11.3 Å². The van der Waals surface area contributed by atoms with E-state index in [4.69, 9.17) is 4.74 Å². The standard InChI is InChI=1S/C21H23N3O2/c1-26-16-6-4-5-15(13-16)23-21(25)14-24-19-8-3-2-7-17(19)18-9-11-22-12-10-20(18)24/h2-8,13,22H,9-12,14H2,1H3,(H,23,25). The Kier molecular flexibility index (Phi) is 4.63. The van der Waals surface area contributed by atoms with Crippen LogP contribution in [0.25, 0.3) is 10.9 Å². The maximum atomic E-state index is 12.7. The zero-order valence-corrected chi connectivity index (χ0v) is 14.9. The van der Waals surface area contributed by atoms with Crippen LogP contribution in [-0.2, 0) is 24.2 Å². The predicted molar refractivity (Wildman–Crippen MR) is 104 cm³/mol. The van der Waals surface area contributed by atoms with Crippen molar-refractivity contribution in [3.63, 3.8) is 0 Å². The van der Waals surface area contributed by atoms with E-state index in [0.29, 0.717) is 6.54 Å². The number of ether oxygens (including phenoxy) is 1. The van der Waals surface area contributed by atoms with Crippen LogP contribution in [0.4, 0.5) is 5.69 Å². The molecule has 0 saturated carbocycles. The van der Waals surface area contributed by atoms with Crippen LogP contribution in [0.2, 0.25) is 0 Å². The summed E-state index contributed by atoms with van der Waals surface area (Å²) >= 11 is 0. The molecule has 0 bridgehead atoms. The minimum absolute atomic E-state index is 0.0287. The van der Waals surface area contributed by atoms with Crippen LogP contribution < -0.4 is 15.4 Å². The third kappa shape index (κ3) is 3.18. The molecule has 1 amide bonds. The van der Waals surface area contributed by atoms with Gasteiger partial charge in [0.05, 0.1) is 7.11 Å². The first kappa shape index (κ1) is 16.7. The average molecular weight is 349 g/mol. The van der Waals surface area contributed by atoms with Crippen molar-refractivity contribution in [2.45, 2.75) is 19.4 Å². The van der Waals surface area contributed by atoms with E-state index >= 15 is 0 Å². The highest BCUT2D eigenvalue weighted by molar-refractivity contribution is 5.93. The molecule has 5 heteroatoms. The molecule has 4 rings (SSSR count). The van der Waals surface area contributed by atoms with Gasteiger partial charge in [0, 0.05) is 41.3 Å². The van der Waals surface area contributed by atoms with Crippen LogP contribution in [0.15, 0.2) is 48.5 Å². The van der Waals surface area contributed by atoms with Crippen LogP contribution in [0, 0.1) is 0 Å². The highest BCUT2D eigenvalue weighted by Crippen LogP contribution is 2.28. The number of carbonyl (C=O) groups excluding carboxylic acids is 1. The summed E-state index contributed by atoms with van der Waals surface area (Å²) in [5.41, 5.74) is 4.54. The summed E-state index contributed by atoms with van der Waals surface area (Å²) in [5.74, 6) is 0.702. The van der Waals surface area contributed by atoms with Gasteiger partial charge < -0.3 is 19.9 Å². The summed E-state index contributed by atoms with van der Waals surface area (Å²) in [5, 5.41) is 7.70. The second-order valence-electron chi connectivity index (χ2n) is 6.56. The fourth-order valence-corrected chi connectivity index (χ4v) is 3.76. The molecular formula is C21H23N3O2. The largest absolute Gasteiger partial charge is 0.497 e. The highest BCUT2D eigenvalue weighted by Gasteiger charge is 2.19. The molecule has 0 unspecified atom stereocenters. The van der Waals surface area contributed by atoms with E-state index in [1.807, 2.05) is 30.3 Å². The Hall–Kier alpha value is -2.79. The summed E-state index contributed by atoms with van der Waals surface area (Å²) < 4.78 is 7.40. The SMILES string of the molecule is COc1cccc(NC(=O)Cn2c3c(c4ccccc42)CCNCC3)c1. The van der Waals surface area contributed by atoms with E-state index in [1.54, 1.807) is 7.11 Å². The number of anilines is 1. The third-order valence-electron chi connectivity index (χ3n) is 4.94. The monoisotopic (exact) mass is 349 g/mol. The number of amides is 1. The lowest BCUT2D eigenvalue weighted by molar-refractivity contribution is -0.116. The van der Waals surface area contributed by atoms with Gasteiger partial charge in [-0.15, -0.1) is 0 Å². The summed E-state index contributed by atoms with van der Waals surface area (Å²) in [7, 11) is 1.62. The first-order valence-corrected chi connectivity index (χ1v) is 9.00. The van der Waals surface area contributed by atoms with Crippen LogP contribution >= 0.6 is 0 Å². The first-order chi connectivity index (χ1) is 12.8. The summed E-state index contributed by atoms with van der Waals surface area (Å²) in [6.07, 6.45) is 1.94. The van der Waals surface area contributed by atoms with Crippen molar-refractivity contribution < 1.29 is 9.53 Å². The molecule has 0 atom stereocenters. The Bertz CT molecular complexity index is 946. The van der Waals surface area contributed by atoms with Crippen molar-refractivity contribution in [2.24, 2.45) is 0 Å². The van der Waals surface area contributed by atoms with Crippen molar-refractivity contribution in [3.8, 4) is 5.75 Å². The molecule has 2 heterocycles. The molecule has 3 aromatic rings. The molecule has 0 saturated heterocycles. The summed E-state index contributed by atoms with van der Waals surface area (Å²) in [6.45, 7) is 2.24. The predicted octanol–water partition coefficient (Wildman–Crippen LogP) is 2.98. The van der Waals surface area contributed by atoms with Gasteiger partial charge in [0.2, 0.25) is 5.91 Å². The molecule has 0 spiro atoms. The molecule has 26 heavy (non-hydrogen) atoms. The highest BCUT2D eigenvalue weighted by atomic mass is 16.5. The lowest BCUT2D eigenvalue weighted by Crippen LogP contribution is -2.21.